The lowest BCUT2D eigenvalue weighted by molar-refractivity contribution is -0.0938. The van der Waals surface area contributed by atoms with Gasteiger partial charge >= 0.3 is 0 Å². The molecule has 1 aliphatic rings. The molecule has 6 nitrogen and oxygen atoms in total. The molecule has 118 valence electrons. The van der Waals surface area contributed by atoms with E-state index in [2.05, 4.69) is 0 Å². The Bertz CT molecular complexity index is 718. The van der Waals surface area contributed by atoms with Gasteiger partial charge in [0.15, 0.2) is 11.5 Å². The Morgan fingerprint density at radius 1 is 1.18 bits per heavy atom. The van der Waals surface area contributed by atoms with Gasteiger partial charge in [-0.15, -0.1) is 0 Å². The van der Waals surface area contributed by atoms with Crippen LogP contribution in [0.1, 0.15) is 0 Å². The topological polar surface area (TPSA) is 58.9 Å². The lowest BCUT2D eigenvalue weighted by Gasteiger charge is -2.23. The number of rotatable bonds is 4. The van der Waals surface area contributed by atoms with Crippen LogP contribution in [0.4, 0.5) is 0 Å². The minimum Gasteiger partial charge on any atom is -0.493 e. The maximum Gasteiger partial charge on any atom is 0.258 e. The molecule has 0 amide bonds. The SMILES string of the molecule is COc1ccc2c(=O)n(C[C@@H]3COCCO3)ccc2c1OC. The van der Waals surface area contributed by atoms with Crippen LogP contribution >= 0.6 is 0 Å². The Labute approximate surface area is 128 Å². The van der Waals surface area contributed by atoms with Gasteiger partial charge in [0.2, 0.25) is 0 Å². The standard InChI is InChI=1S/C16H19NO5/c1-19-14-4-3-13-12(15(14)20-2)5-6-17(16(13)18)9-11-10-21-7-8-22-11/h3-6,11H,7-10H2,1-2H3/t11-/m1/s1. The zero-order valence-electron chi connectivity index (χ0n) is 12.7. The van der Waals surface area contributed by atoms with Crippen LogP contribution in [0.3, 0.4) is 0 Å². The lowest BCUT2D eigenvalue weighted by atomic mass is 10.1. The maximum atomic E-state index is 12.6. The maximum absolute atomic E-state index is 12.6. The van der Waals surface area contributed by atoms with Crippen molar-refractivity contribution >= 4 is 10.8 Å². The molecule has 2 heterocycles. The van der Waals surface area contributed by atoms with Gasteiger partial charge in [0, 0.05) is 11.6 Å². The molecule has 3 rings (SSSR count). The van der Waals surface area contributed by atoms with Crippen LogP contribution in [-0.4, -0.2) is 44.7 Å². The zero-order chi connectivity index (χ0) is 15.5. The average Bonchev–Trinajstić information content (AvgIpc) is 2.57. The van der Waals surface area contributed by atoms with Crippen LogP contribution < -0.4 is 15.0 Å². The third-order valence-corrected chi connectivity index (χ3v) is 3.78. The summed E-state index contributed by atoms with van der Waals surface area (Å²) in [5.74, 6) is 1.18. The van der Waals surface area contributed by atoms with Gasteiger partial charge < -0.3 is 23.5 Å². The Morgan fingerprint density at radius 2 is 2.05 bits per heavy atom. The van der Waals surface area contributed by atoms with Crippen LogP contribution in [0.25, 0.3) is 10.8 Å². The van der Waals surface area contributed by atoms with Crippen molar-refractivity contribution in [3.63, 3.8) is 0 Å². The number of methoxy groups -OCH3 is 2. The highest BCUT2D eigenvalue weighted by atomic mass is 16.6. The second-order valence-electron chi connectivity index (χ2n) is 5.10. The Balaban J connectivity index is 2.00. The Morgan fingerprint density at radius 3 is 2.73 bits per heavy atom. The lowest BCUT2D eigenvalue weighted by Crippen LogP contribution is -2.35. The number of pyridine rings is 1. The Hall–Kier alpha value is -2.05. The van der Waals surface area contributed by atoms with Crippen molar-refractivity contribution in [3.8, 4) is 11.5 Å². The van der Waals surface area contributed by atoms with Crippen LogP contribution in [0.5, 0.6) is 11.5 Å². The second kappa shape index (κ2) is 6.37. The fourth-order valence-electron chi connectivity index (χ4n) is 2.69. The summed E-state index contributed by atoms with van der Waals surface area (Å²) in [6.07, 6.45) is 1.66. The predicted molar refractivity (Wildman–Crippen MR) is 81.9 cm³/mol. The predicted octanol–water partition coefficient (Wildman–Crippen LogP) is 1.43. The largest absolute Gasteiger partial charge is 0.493 e. The molecule has 0 radical (unpaired) electrons. The van der Waals surface area contributed by atoms with Crippen molar-refractivity contribution < 1.29 is 18.9 Å². The summed E-state index contributed by atoms with van der Waals surface area (Å²) in [6.45, 7) is 2.16. The number of ether oxygens (including phenoxy) is 4. The first-order chi connectivity index (χ1) is 10.7. The smallest absolute Gasteiger partial charge is 0.258 e. The molecule has 1 atom stereocenters. The highest BCUT2D eigenvalue weighted by molar-refractivity contribution is 5.90. The van der Waals surface area contributed by atoms with Gasteiger partial charge in [-0.1, -0.05) is 0 Å². The van der Waals surface area contributed by atoms with Gasteiger partial charge in [-0.2, -0.15) is 0 Å². The van der Waals surface area contributed by atoms with E-state index >= 15 is 0 Å². The van der Waals surface area contributed by atoms with Gasteiger partial charge in [-0.05, 0) is 18.2 Å². The second-order valence-corrected chi connectivity index (χ2v) is 5.10. The fraction of sp³-hybridized carbons (Fsp3) is 0.438. The first-order valence-electron chi connectivity index (χ1n) is 7.18. The summed E-state index contributed by atoms with van der Waals surface area (Å²) in [5, 5.41) is 1.33. The first kappa shape index (κ1) is 14.9. The van der Waals surface area contributed by atoms with E-state index in [1.54, 1.807) is 37.1 Å². The molecule has 1 fully saturated rings. The summed E-state index contributed by atoms with van der Waals surface area (Å²) < 4.78 is 23.3. The average molecular weight is 305 g/mol. The molecular formula is C16H19NO5. The molecule has 6 heteroatoms. The monoisotopic (exact) mass is 305 g/mol. The minimum absolute atomic E-state index is 0.0763. The van der Waals surface area contributed by atoms with Crippen LogP contribution in [0.15, 0.2) is 29.2 Å². The molecule has 22 heavy (non-hydrogen) atoms. The van der Waals surface area contributed by atoms with Crippen molar-refractivity contribution in [1.29, 1.82) is 0 Å². The van der Waals surface area contributed by atoms with Gasteiger partial charge in [0.1, 0.15) is 0 Å². The van der Waals surface area contributed by atoms with Crippen LogP contribution in [-0.2, 0) is 16.0 Å². The molecule has 1 aliphatic heterocycles. The van der Waals surface area contributed by atoms with E-state index in [9.17, 15) is 4.79 Å². The normalized spacial score (nSPS) is 18.4. The highest BCUT2D eigenvalue weighted by Crippen LogP contribution is 2.33. The van der Waals surface area contributed by atoms with E-state index in [4.69, 9.17) is 18.9 Å². The number of hydrogen-bond acceptors (Lipinski definition) is 5. The van der Waals surface area contributed by atoms with Crippen molar-refractivity contribution in [1.82, 2.24) is 4.57 Å². The van der Waals surface area contributed by atoms with E-state index in [0.717, 1.165) is 5.39 Å². The molecule has 0 aliphatic carbocycles. The van der Waals surface area contributed by atoms with Gasteiger partial charge in [0.05, 0.1) is 52.1 Å². The minimum atomic E-state index is -0.0935. The van der Waals surface area contributed by atoms with Crippen LogP contribution in [0, 0.1) is 0 Å². The van der Waals surface area contributed by atoms with Crippen molar-refractivity contribution in [2.24, 2.45) is 0 Å². The molecule has 1 aromatic heterocycles. The van der Waals surface area contributed by atoms with Gasteiger partial charge in [-0.3, -0.25) is 4.79 Å². The van der Waals surface area contributed by atoms with Gasteiger partial charge in [-0.25, -0.2) is 0 Å². The first-order valence-corrected chi connectivity index (χ1v) is 7.18. The number of fused-ring (bicyclic) bond motifs is 1. The highest BCUT2D eigenvalue weighted by Gasteiger charge is 2.17. The fourth-order valence-corrected chi connectivity index (χ4v) is 2.69. The third-order valence-electron chi connectivity index (χ3n) is 3.78. The van der Waals surface area contributed by atoms with Crippen molar-refractivity contribution in [2.45, 2.75) is 12.6 Å². The van der Waals surface area contributed by atoms with E-state index in [0.29, 0.717) is 43.3 Å². The third kappa shape index (κ3) is 2.67. The van der Waals surface area contributed by atoms with Crippen molar-refractivity contribution in [3.05, 3.63) is 34.7 Å². The number of benzene rings is 1. The van der Waals surface area contributed by atoms with E-state index in [1.807, 2.05) is 6.07 Å². The van der Waals surface area contributed by atoms with Crippen LogP contribution in [0.2, 0.25) is 0 Å². The summed E-state index contributed by atoms with van der Waals surface area (Å²) in [7, 11) is 3.14. The van der Waals surface area contributed by atoms with Crippen molar-refractivity contribution in [2.75, 3.05) is 34.0 Å². The van der Waals surface area contributed by atoms with Gasteiger partial charge in [0.25, 0.3) is 5.56 Å². The summed E-state index contributed by atoms with van der Waals surface area (Å²) in [5.41, 5.74) is -0.0763. The molecule has 0 unspecified atom stereocenters. The molecule has 0 bridgehead atoms. The molecular weight excluding hydrogens is 286 g/mol. The summed E-state index contributed by atoms with van der Waals surface area (Å²) in [6, 6.07) is 5.36. The number of nitrogens with zero attached hydrogens (tertiary/aromatic N) is 1. The number of aromatic nitrogens is 1. The zero-order valence-corrected chi connectivity index (χ0v) is 12.7. The van der Waals surface area contributed by atoms with E-state index < -0.39 is 0 Å². The van der Waals surface area contributed by atoms with E-state index in [1.165, 1.54) is 0 Å². The molecule has 2 aromatic rings. The van der Waals surface area contributed by atoms with E-state index in [-0.39, 0.29) is 11.7 Å². The Kier molecular flexibility index (Phi) is 4.31. The molecule has 1 saturated heterocycles. The molecule has 1 aromatic carbocycles. The molecule has 0 saturated carbocycles. The summed E-state index contributed by atoms with van der Waals surface area (Å²) >= 11 is 0. The molecule has 0 N–H and O–H groups in total. The quantitative estimate of drug-likeness (QED) is 0.855. The summed E-state index contributed by atoms with van der Waals surface area (Å²) in [4.78, 5) is 12.6. The molecule has 0 spiro atoms. The number of hydrogen-bond donors (Lipinski definition) is 0.